The Hall–Kier alpha value is -0.820. The Morgan fingerprint density at radius 1 is 1.24 bits per heavy atom. The van der Waals surface area contributed by atoms with Gasteiger partial charge in [-0.3, -0.25) is 0 Å². The van der Waals surface area contributed by atoms with Crippen molar-refractivity contribution in [1.29, 1.82) is 0 Å². The highest BCUT2D eigenvalue weighted by Gasteiger charge is 2.46. The summed E-state index contributed by atoms with van der Waals surface area (Å²) in [5, 5.41) is 3.83. The van der Waals surface area contributed by atoms with Crippen molar-refractivity contribution in [3.63, 3.8) is 0 Å². The maximum absolute atomic E-state index is 3.83. The lowest BCUT2D eigenvalue weighted by molar-refractivity contribution is 0.322. The molecule has 1 unspecified atom stereocenters. The molecule has 17 heavy (non-hydrogen) atoms. The van der Waals surface area contributed by atoms with Crippen LogP contribution in [0.2, 0.25) is 0 Å². The molecule has 3 rings (SSSR count). The molecule has 1 N–H and O–H groups in total. The fourth-order valence-electron chi connectivity index (χ4n) is 3.55. The van der Waals surface area contributed by atoms with Gasteiger partial charge in [0.2, 0.25) is 0 Å². The highest BCUT2D eigenvalue weighted by Crippen LogP contribution is 2.46. The standard InChI is InChI=1S/C16H23N/c1-12-5-3-6-13(2)15(12)11-16(14-7-8-14)9-4-10-17-16/h3,5-6,14,17H,4,7-11H2,1-2H3. The van der Waals surface area contributed by atoms with E-state index in [-0.39, 0.29) is 0 Å². The lowest BCUT2D eigenvalue weighted by Crippen LogP contribution is -2.44. The van der Waals surface area contributed by atoms with Gasteiger partial charge in [-0.15, -0.1) is 0 Å². The zero-order valence-electron chi connectivity index (χ0n) is 11.1. The molecular weight excluding hydrogens is 206 g/mol. The van der Waals surface area contributed by atoms with Gasteiger partial charge >= 0.3 is 0 Å². The van der Waals surface area contributed by atoms with Gasteiger partial charge in [-0.2, -0.15) is 0 Å². The molecule has 0 amide bonds. The topological polar surface area (TPSA) is 12.0 Å². The molecule has 1 saturated carbocycles. The van der Waals surface area contributed by atoms with E-state index in [9.17, 15) is 0 Å². The minimum atomic E-state index is 0.441. The number of aryl methyl sites for hydroxylation is 2. The average Bonchev–Trinajstić information content (AvgIpc) is 3.06. The largest absolute Gasteiger partial charge is 0.311 e. The first kappa shape index (κ1) is 11.3. The number of nitrogens with one attached hydrogen (secondary N) is 1. The summed E-state index contributed by atoms with van der Waals surface area (Å²) in [7, 11) is 0. The van der Waals surface area contributed by atoms with E-state index in [1.54, 1.807) is 5.56 Å². The lowest BCUT2D eigenvalue weighted by atomic mass is 9.82. The highest BCUT2D eigenvalue weighted by atomic mass is 15.0. The van der Waals surface area contributed by atoms with Crippen LogP contribution in [-0.4, -0.2) is 12.1 Å². The summed E-state index contributed by atoms with van der Waals surface area (Å²) in [5.41, 5.74) is 4.97. The lowest BCUT2D eigenvalue weighted by Gasteiger charge is -2.31. The van der Waals surface area contributed by atoms with Gasteiger partial charge in [0, 0.05) is 5.54 Å². The molecule has 1 atom stereocenters. The van der Waals surface area contributed by atoms with Crippen LogP contribution < -0.4 is 5.32 Å². The zero-order chi connectivity index (χ0) is 11.9. The monoisotopic (exact) mass is 229 g/mol. The number of hydrogen-bond acceptors (Lipinski definition) is 1. The van der Waals surface area contributed by atoms with Gasteiger partial charge in [-0.25, -0.2) is 0 Å². The van der Waals surface area contributed by atoms with Crippen molar-refractivity contribution in [2.24, 2.45) is 5.92 Å². The summed E-state index contributed by atoms with van der Waals surface area (Å²) in [4.78, 5) is 0. The molecular formula is C16H23N. The fraction of sp³-hybridized carbons (Fsp3) is 0.625. The number of benzene rings is 1. The first-order valence-electron chi connectivity index (χ1n) is 7.01. The number of hydrogen-bond donors (Lipinski definition) is 1. The van der Waals surface area contributed by atoms with Crippen molar-refractivity contribution in [2.45, 2.75) is 51.5 Å². The zero-order valence-corrected chi connectivity index (χ0v) is 11.1. The minimum absolute atomic E-state index is 0.441. The molecule has 0 aromatic heterocycles. The summed E-state index contributed by atoms with van der Waals surface area (Å²) >= 11 is 0. The molecule has 0 radical (unpaired) electrons. The smallest absolute Gasteiger partial charge is 0.0250 e. The second kappa shape index (κ2) is 4.13. The molecule has 0 bridgehead atoms. The van der Waals surface area contributed by atoms with Crippen molar-refractivity contribution in [3.8, 4) is 0 Å². The molecule has 1 aromatic rings. The number of rotatable bonds is 3. The molecule has 92 valence electrons. The second-order valence-corrected chi connectivity index (χ2v) is 6.01. The summed E-state index contributed by atoms with van der Waals surface area (Å²) < 4.78 is 0. The van der Waals surface area contributed by atoms with E-state index >= 15 is 0 Å². The Morgan fingerprint density at radius 3 is 2.47 bits per heavy atom. The van der Waals surface area contributed by atoms with Crippen molar-refractivity contribution < 1.29 is 0 Å². The molecule has 2 fully saturated rings. The predicted octanol–water partition coefficient (Wildman–Crippen LogP) is 3.38. The van der Waals surface area contributed by atoms with Crippen LogP contribution >= 0.6 is 0 Å². The van der Waals surface area contributed by atoms with Crippen molar-refractivity contribution in [2.75, 3.05) is 6.54 Å². The molecule has 0 spiro atoms. The molecule has 1 heteroatoms. The van der Waals surface area contributed by atoms with Crippen molar-refractivity contribution in [1.82, 2.24) is 5.32 Å². The van der Waals surface area contributed by atoms with Gasteiger partial charge in [0.15, 0.2) is 0 Å². The summed E-state index contributed by atoms with van der Waals surface area (Å²) in [6.07, 6.45) is 6.87. The van der Waals surface area contributed by atoms with Crippen LogP contribution in [0.1, 0.15) is 42.4 Å². The Balaban J connectivity index is 1.90. The van der Waals surface area contributed by atoms with Gasteiger partial charge in [0.05, 0.1) is 0 Å². The SMILES string of the molecule is Cc1cccc(C)c1CC1(C2CC2)CCCN1. The third kappa shape index (κ3) is 2.01. The van der Waals surface area contributed by atoms with Crippen LogP contribution in [-0.2, 0) is 6.42 Å². The van der Waals surface area contributed by atoms with Gasteiger partial charge in [-0.05, 0) is 75.1 Å². The fourth-order valence-corrected chi connectivity index (χ4v) is 3.55. The third-order valence-corrected chi connectivity index (χ3v) is 4.77. The first-order chi connectivity index (χ1) is 8.21. The van der Waals surface area contributed by atoms with Crippen LogP contribution in [0.5, 0.6) is 0 Å². The summed E-state index contributed by atoms with van der Waals surface area (Å²) in [5.74, 6) is 0.948. The van der Waals surface area contributed by atoms with E-state index in [2.05, 4.69) is 37.4 Å². The van der Waals surface area contributed by atoms with Crippen LogP contribution in [0.3, 0.4) is 0 Å². The normalized spacial score (nSPS) is 28.6. The quantitative estimate of drug-likeness (QED) is 0.838. The van der Waals surface area contributed by atoms with Crippen LogP contribution in [0.15, 0.2) is 18.2 Å². The Morgan fingerprint density at radius 2 is 1.94 bits per heavy atom. The Labute approximate surface area is 105 Å². The van der Waals surface area contributed by atoms with Gasteiger partial charge < -0.3 is 5.32 Å². The first-order valence-corrected chi connectivity index (χ1v) is 7.01. The van der Waals surface area contributed by atoms with Crippen LogP contribution in [0.4, 0.5) is 0 Å². The summed E-state index contributed by atoms with van der Waals surface area (Å²) in [6, 6.07) is 6.70. The molecule has 1 nitrogen and oxygen atoms in total. The molecule has 1 saturated heterocycles. The van der Waals surface area contributed by atoms with E-state index < -0.39 is 0 Å². The molecule has 2 aliphatic rings. The van der Waals surface area contributed by atoms with E-state index in [0.717, 1.165) is 5.92 Å². The van der Waals surface area contributed by atoms with Crippen molar-refractivity contribution in [3.05, 3.63) is 34.9 Å². The van der Waals surface area contributed by atoms with E-state index in [4.69, 9.17) is 0 Å². The maximum Gasteiger partial charge on any atom is 0.0250 e. The third-order valence-electron chi connectivity index (χ3n) is 4.77. The van der Waals surface area contributed by atoms with Gasteiger partial charge in [0.1, 0.15) is 0 Å². The van der Waals surface area contributed by atoms with Crippen LogP contribution in [0.25, 0.3) is 0 Å². The molecule has 1 heterocycles. The average molecular weight is 229 g/mol. The van der Waals surface area contributed by atoms with Gasteiger partial charge in [-0.1, -0.05) is 18.2 Å². The van der Waals surface area contributed by atoms with E-state index in [1.807, 2.05) is 0 Å². The van der Waals surface area contributed by atoms with Crippen molar-refractivity contribution >= 4 is 0 Å². The Bertz CT molecular complexity index is 391. The van der Waals surface area contributed by atoms with E-state index in [0.29, 0.717) is 5.54 Å². The van der Waals surface area contributed by atoms with Crippen LogP contribution in [0, 0.1) is 19.8 Å². The molecule has 1 aliphatic heterocycles. The predicted molar refractivity (Wildman–Crippen MR) is 72.3 cm³/mol. The molecule has 1 aromatic carbocycles. The highest BCUT2D eigenvalue weighted by molar-refractivity contribution is 5.35. The summed E-state index contributed by atoms with van der Waals surface area (Å²) in [6.45, 7) is 5.75. The molecule has 1 aliphatic carbocycles. The van der Waals surface area contributed by atoms with Gasteiger partial charge in [0.25, 0.3) is 0 Å². The Kier molecular flexibility index (Phi) is 2.74. The van der Waals surface area contributed by atoms with E-state index in [1.165, 1.54) is 49.8 Å². The maximum atomic E-state index is 3.83. The minimum Gasteiger partial charge on any atom is -0.311 e. The second-order valence-electron chi connectivity index (χ2n) is 6.01.